The summed E-state index contributed by atoms with van der Waals surface area (Å²) >= 11 is 5.77. The van der Waals surface area contributed by atoms with Crippen molar-refractivity contribution < 1.29 is 4.74 Å². The number of halogens is 1. The van der Waals surface area contributed by atoms with Crippen molar-refractivity contribution in [1.29, 1.82) is 0 Å². The SMILES string of the molecule is C=C(OC)C(C)=C=C/C=C(\C)N1CCN(CCCl)CC1. The molecule has 0 aromatic heterocycles. The number of methoxy groups -OCH3 is 1. The summed E-state index contributed by atoms with van der Waals surface area (Å²) in [4.78, 5) is 4.79. The van der Waals surface area contributed by atoms with Crippen LogP contribution in [0.1, 0.15) is 13.8 Å². The van der Waals surface area contributed by atoms with Gasteiger partial charge in [-0.2, -0.15) is 0 Å². The Labute approximate surface area is 127 Å². The maximum Gasteiger partial charge on any atom is 0.122 e. The van der Waals surface area contributed by atoms with E-state index >= 15 is 0 Å². The molecule has 1 heterocycles. The number of ether oxygens (including phenoxy) is 1. The number of rotatable bonds is 6. The second-order valence-electron chi connectivity index (χ2n) is 4.89. The van der Waals surface area contributed by atoms with Gasteiger partial charge < -0.3 is 9.64 Å². The third-order valence-corrected chi connectivity index (χ3v) is 3.73. The van der Waals surface area contributed by atoms with E-state index in [9.17, 15) is 0 Å². The van der Waals surface area contributed by atoms with Gasteiger partial charge in [-0.05, 0) is 26.0 Å². The van der Waals surface area contributed by atoms with Crippen molar-refractivity contribution in [3.63, 3.8) is 0 Å². The molecule has 4 heteroatoms. The second-order valence-corrected chi connectivity index (χ2v) is 5.27. The molecule has 0 aromatic rings. The Bertz CT molecular complexity index is 414. The van der Waals surface area contributed by atoms with Gasteiger partial charge in [0.15, 0.2) is 0 Å². The van der Waals surface area contributed by atoms with Gasteiger partial charge in [-0.25, -0.2) is 0 Å². The van der Waals surface area contributed by atoms with Gasteiger partial charge in [0.25, 0.3) is 0 Å². The summed E-state index contributed by atoms with van der Waals surface area (Å²) in [7, 11) is 1.62. The van der Waals surface area contributed by atoms with Crippen LogP contribution >= 0.6 is 11.6 Å². The van der Waals surface area contributed by atoms with E-state index < -0.39 is 0 Å². The minimum absolute atomic E-state index is 0.655. The van der Waals surface area contributed by atoms with E-state index in [1.165, 1.54) is 5.70 Å². The maximum atomic E-state index is 5.77. The van der Waals surface area contributed by atoms with Crippen molar-refractivity contribution in [3.05, 3.63) is 41.5 Å². The van der Waals surface area contributed by atoms with Crippen molar-refractivity contribution in [2.24, 2.45) is 0 Å². The van der Waals surface area contributed by atoms with E-state index in [1.807, 2.05) is 13.0 Å². The molecule has 0 unspecified atom stereocenters. The van der Waals surface area contributed by atoms with Crippen LogP contribution in [-0.2, 0) is 4.74 Å². The molecule has 1 saturated heterocycles. The molecule has 0 aliphatic carbocycles. The van der Waals surface area contributed by atoms with Crippen LogP contribution in [0.3, 0.4) is 0 Å². The Morgan fingerprint density at radius 2 is 1.95 bits per heavy atom. The molecule has 0 N–H and O–H groups in total. The number of alkyl halides is 1. The first-order chi connectivity index (χ1) is 9.58. The second kappa shape index (κ2) is 8.91. The highest BCUT2D eigenvalue weighted by Crippen LogP contribution is 2.10. The van der Waals surface area contributed by atoms with Crippen molar-refractivity contribution in [2.75, 3.05) is 45.7 Å². The van der Waals surface area contributed by atoms with Gasteiger partial charge >= 0.3 is 0 Å². The van der Waals surface area contributed by atoms with Crippen molar-refractivity contribution >= 4 is 11.6 Å². The Morgan fingerprint density at radius 3 is 2.50 bits per heavy atom. The zero-order valence-electron chi connectivity index (χ0n) is 12.8. The predicted molar refractivity (Wildman–Crippen MR) is 85.9 cm³/mol. The summed E-state index contributed by atoms with van der Waals surface area (Å²) < 4.78 is 5.06. The lowest BCUT2D eigenvalue weighted by atomic mass is 10.2. The molecular weight excluding hydrogens is 272 g/mol. The standard InChI is InChI=1S/C16H25ClN2O/c1-14(16(3)20-4)6-5-7-15(2)19-12-10-18(9-8-17)11-13-19/h5,7H,3,8-13H2,1-2,4H3/b15-7+. The lowest BCUT2D eigenvalue weighted by molar-refractivity contribution is 0.166. The minimum atomic E-state index is 0.655. The molecule has 0 aromatic carbocycles. The van der Waals surface area contributed by atoms with Gasteiger partial charge in [0.2, 0.25) is 0 Å². The first kappa shape index (κ1) is 16.9. The van der Waals surface area contributed by atoms with Crippen LogP contribution in [0.4, 0.5) is 0 Å². The van der Waals surface area contributed by atoms with Gasteiger partial charge in [-0.15, -0.1) is 17.3 Å². The third-order valence-electron chi connectivity index (χ3n) is 3.56. The average molecular weight is 297 g/mol. The summed E-state index contributed by atoms with van der Waals surface area (Å²) in [5.74, 6) is 1.37. The fraction of sp³-hybridized carbons (Fsp3) is 0.562. The zero-order valence-corrected chi connectivity index (χ0v) is 13.5. The first-order valence-corrected chi connectivity index (χ1v) is 7.48. The highest BCUT2D eigenvalue weighted by atomic mass is 35.5. The van der Waals surface area contributed by atoms with Crippen LogP contribution in [0, 0.1) is 0 Å². The normalized spacial score (nSPS) is 16.6. The smallest absolute Gasteiger partial charge is 0.122 e. The molecule has 0 radical (unpaired) electrons. The summed E-state index contributed by atoms with van der Waals surface area (Å²) in [5, 5.41) is 0. The maximum absolute atomic E-state index is 5.77. The van der Waals surface area contributed by atoms with E-state index in [0.717, 1.165) is 38.3 Å². The summed E-state index contributed by atoms with van der Waals surface area (Å²) in [5.41, 5.74) is 5.35. The fourth-order valence-electron chi connectivity index (χ4n) is 2.07. The molecule has 20 heavy (non-hydrogen) atoms. The quantitative estimate of drug-likeness (QED) is 0.324. The van der Waals surface area contributed by atoms with Gasteiger partial charge in [0.05, 0.1) is 7.11 Å². The molecule has 1 rings (SSSR count). The molecule has 0 amide bonds. The number of hydrogen-bond acceptors (Lipinski definition) is 3. The monoisotopic (exact) mass is 296 g/mol. The van der Waals surface area contributed by atoms with Crippen LogP contribution < -0.4 is 0 Å². The van der Waals surface area contributed by atoms with Crippen LogP contribution in [0.15, 0.2) is 41.5 Å². The molecule has 0 atom stereocenters. The molecule has 3 nitrogen and oxygen atoms in total. The Hall–Kier alpha value is -1.15. The van der Waals surface area contributed by atoms with E-state index in [4.69, 9.17) is 16.3 Å². The number of allylic oxidation sites excluding steroid dienone is 3. The lowest BCUT2D eigenvalue weighted by Gasteiger charge is -2.36. The largest absolute Gasteiger partial charge is 0.496 e. The Balaban J connectivity index is 2.54. The zero-order chi connectivity index (χ0) is 15.0. The van der Waals surface area contributed by atoms with Crippen LogP contribution in [-0.4, -0.2) is 55.5 Å². The van der Waals surface area contributed by atoms with E-state index in [1.54, 1.807) is 7.11 Å². The summed E-state index contributed by atoms with van der Waals surface area (Å²) in [6.07, 6.45) is 4.02. The van der Waals surface area contributed by atoms with E-state index in [2.05, 4.69) is 35.1 Å². The minimum Gasteiger partial charge on any atom is -0.496 e. The molecular formula is C16H25ClN2O. The Kier molecular flexibility index (Phi) is 7.53. The van der Waals surface area contributed by atoms with Crippen LogP contribution in [0.25, 0.3) is 0 Å². The highest BCUT2D eigenvalue weighted by molar-refractivity contribution is 6.18. The number of hydrogen-bond donors (Lipinski definition) is 0. The number of nitrogens with zero attached hydrogens (tertiary/aromatic N) is 2. The van der Waals surface area contributed by atoms with Gasteiger partial charge in [-0.3, -0.25) is 4.90 Å². The van der Waals surface area contributed by atoms with Crippen LogP contribution in [0.2, 0.25) is 0 Å². The molecule has 1 aliphatic rings. The van der Waals surface area contributed by atoms with Gasteiger partial charge in [0.1, 0.15) is 5.76 Å². The molecule has 0 bridgehead atoms. The Morgan fingerprint density at radius 1 is 1.30 bits per heavy atom. The van der Waals surface area contributed by atoms with Crippen molar-refractivity contribution in [1.82, 2.24) is 9.80 Å². The van der Waals surface area contributed by atoms with Crippen molar-refractivity contribution in [2.45, 2.75) is 13.8 Å². The van der Waals surface area contributed by atoms with Gasteiger partial charge in [0, 0.05) is 49.9 Å². The number of piperazine rings is 1. The molecule has 112 valence electrons. The highest BCUT2D eigenvalue weighted by Gasteiger charge is 2.15. The fourth-order valence-corrected chi connectivity index (χ4v) is 2.31. The van der Waals surface area contributed by atoms with Gasteiger partial charge in [-0.1, -0.05) is 6.58 Å². The molecule has 0 spiro atoms. The topological polar surface area (TPSA) is 15.7 Å². The van der Waals surface area contributed by atoms with Crippen molar-refractivity contribution in [3.8, 4) is 0 Å². The lowest BCUT2D eigenvalue weighted by Crippen LogP contribution is -2.45. The molecule has 1 fully saturated rings. The average Bonchev–Trinajstić information content (AvgIpc) is 2.47. The summed E-state index contributed by atoms with van der Waals surface area (Å²) in [6, 6.07) is 0. The first-order valence-electron chi connectivity index (χ1n) is 6.95. The van der Waals surface area contributed by atoms with E-state index in [0.29, 0.717) is 11.6 Å². The van der Waals surface area contributed by atoms with Crippen LogP contribution in [0.5, 0.6) is 0 Å². The van der Waals surface area contributed by atoms with E-state index in [-0.39, 0.29) is 0 Å². The molecule has 0 saturated carbocycles. The predicted octanol–water partition coefficient (Wildman–Crippen LogP) is 3.01. The molecule has 1 aliphatic heterocycles. The third kappa shape index (κ3) is 5.46. The summed E-state index contributed by atoms with van der Waals surface area (Å²) in [6.45, 7) is 13.1.